The Labute approximate surface area is 89.7 Å². The quantitative estimate of drug-likeness (QED) is 0.557. The molecule has 0 aliphatic rings. The van der Waals surface area contributed by atoms with Gasteiger partial charge < -0.3 is 0 Å². The first kappa shape index (κ1) is 14.1. The average Bonchev–Trinajstić information content (AvgIpc) is 2.23. The molecule has 0 aliphatic carbocycles. The zero-order chi connectivity index (χ0) is 11.0. The van der Waals surface area contributed by atoms with E-state index in [4.69, 9.17) is 4.52 Å². The van der Waals surface area contributed by atoms with Gasteiger partial charge in [-0.1, -0.05) is 40.5 Å². The van der Waals surface area contributed by atoms with Crippen LogP contribution in [0.15, 0.2) is 0 Å². The molecular formula is C11H23O2P. The van der Waals surface area contributed by atoms with Crippen molar-refractivity contribution >= 4 is 8.69 Å². The Morgan fingerprint density at radius 2 is 1.79 bits per heavy atom. The molecular weight excluding hydrogens is 195 g/mol. The van der Waals surface area contributed by atoms with Crippen molar-refractivity contribution in [1.82, 2.24) is 0 Å². The van der Waals surface area contributed by atoms with Gasteiger partial charge in [-0.2, -0.15) is 0 Å². The fourth-order valence-corrected chi connectivity index (χ4v) is 2.85. The Kier molecular flexibility index (Phi) is 7.40. The lowest BCUT2D eigenvalue weighted by Gasteiger charge is -2.36. The third-order valence-corrected chi connectivity index (χ3v) is 3.73. The fourth-order valence-electron chi connectivity index (χ4n) is 2.29. The largest absolute Gasteiger partial charge is 0.327 e. The smallest absolute Gasteiger partial charge is 0.287 e. The minimum absolute atomic E-state index is 0.173. The van der Waals surface area contributed by atoms with Gasteiger partial charge in [0, 0.05) is 0 Å². The van der Waals surface area contributed by atoms with E-state index in [0.29, 0.717) is 5.92 Å². The van der Waals surface area contributed by atoms with Crippen LogP contribution in [-0.2, 0) is 9.09 Å². The monoisotopic (exact) mass is 218 g/mol. The molecule has 0 fully saturated rings. The Balaban J connectivity index is 4.62. The average molecular weight is 218 g/mol. The van der Waals surface area contributed by atoms with Crippen LogP contribution in [0.3, 0.4) is 0 Å². The van der Waals surface area contributed by atoms with Gasteiger partial charge in [-0.05, 0) is 25.2 Å². The molecule has 0 amide bonds. The van der Waals surface area contributed by atoms with Gasteiger partial charge in [-0.25, -0.2) is 4.57 Å². The summed E-state index contributed by atoms with van der Waals surface area (Å²) in [6.45, 7) is 8.61. The summed E-state index contributed by atoms with van der Waals surface area (Å²) < 4.78 is 16.1. The maximum absolute atomic E-state index is 10.6. The van der Waals surface area contributed by atoms with Crippen molar-refractivity contribution in [1.29, 1.82) is 0 Å². The molecule has 1 atom stereocenters. The van der Waals surface area contributed by atoms with E-state index >= 15 is 0 Å². The van der Waals surface area contributed by atoms with E-state index < -0.39 is 0 Å². The summed E-state index contributed by atoms with van der Waals surface area (Å²) in [6.07, 6.45) is 5.31. The van der Waals surface area contributed by atoms with Crippen molar-refractivity contribution in [2.45, 2.75) is 65.4 Å². The Bertz CT molecular complexity index is 155. The van der Waals surface area contributed by atoms with Crippen LogP contribution in [-0.4, -0.2) is 5.60 Å². The van der Waals surface area contributed by atoms with Crippen LogP contribution in [0.1, 0.15) is 59.8 Å². The topological polar surface area (TPSA) is 26.3 Å². The number of hydrogen-bond acceptors (Lipinski definition) is 2. The molecule has 0 saturated heterocycles. The van der Waals surface area contributed by atoms with Crippen molar-refractivity contribution in [3.05, 3.63) is 0 Å². The first-order valence-corrected chi connectivity index (χ1v) is 6.44. The maximum atomic E-state index is 10.6. The van der Waals surface area contributed by atoms with Gasteiger partial charge in [0.2, 0.25) is 0 Å². The second-order valence-electron chi connectivity index (χ2n) is 3.83. The highest BCUT2D eigenvalue weighted by atomic mass is 31.1. The molecule has 0 saturated carbocycles. The summed E-state index contributed by atoms with van der Waals surface area (Å²) >= 11 is 0. The van der Waals surface area contributed by atoms with E-state index in [1.54, 1.807) is 0 Å². The lowest BCUT2D eigenvalue weighted by molar-refractivity contribution is 0.00547. The van der Waals surface area contributed by atoms with Crippen LogP contribution in [0, 0.1) is 5.92 Å². The summed E-state index contributed by atoms with van der Waals surface area (Å²) in [6, 6.07) is 0. The summed E-state index contributed by atoms with van der Waals surface area (Å²) in [4.78, 5) is 0. The van der Waals surface area contributed by atoms with Crippen molar-refractivity contribution in [3.8, 4) is 0 Å². The van der Waals surface area contributed by atoms with Gasteiger partial charge in [-0.15, -0.1) is 0 Å². The normalized spacial score (nSPS) is 14.6. The molecule has 0 aromatic heterocycles. The zero-order valence-corrected chi connectivity index (χ0v) is 10.8. The van der Waals surface area contributed by atoms with Crippen molar-refractivity contribution in [2.75, 3.05) is 0 Å². The summed E-state index contributed by atoms with van der Waals surface area (Å²) in [5, 5.41) is 0. The first-order chi connectivity index (χ1) is 6.70. The molecule has 0 aromatic carbocycles. The van der Waals surface area contributed by atoms with E-state index in [-0.39, 0.29) is 14.3 Å². The van der Waals surface area contributed by atoms with Crippen molar-refractivity contribution in [2.24, 2.45) is 5.92 Å². The first-order valence-electron chi connectivity index (χ1n) is 5.71. The van der Waals surface area contributed by atoms with Gasteiger partial charge in [0.15, 0.2) is 0 Å². The van der Waals surface area contributed by atoms with Crippen LogP contribution >= 0.6 is 8.69 Å². The third-order valence-electron chi connectivity index (χ3n) is 3.29. The Morgan fingerprint density at radius 3 is 2.07 bits per heavy atom. The van der Waals surface area contributed by atoms with E-state index in [1.165, 1.54) is 6.42 Å². The molecule has 0 aliphatic heterocycles. The molecule has 0 radical (unpaired) electrons. The fraction of sp³-hybridized carbons (Fsp3) is 1.00. The van der Waals surface area contributed by atoms with E-state index in [1.807, 2.05) is 0 Å². The van der Waals surface area contributed by atoms with Gasteiger partial charge in [0.1, 0.15) is 0 Å². The molecule has 2 nitrogen and oxygen atoms in total. The van der Waals surface area contributed by atoms with Crippen LogP contribution < -0.4 is 0 Å². The lowest BCUT2D eigenvalue weighted by atomic mass is 9.79. The molecule has 84 valence electrons. The Morgan fingerprint density at radius 1 is 1.21 bits per heavy atom. The maximum Gasteiger partial charge on any atom is 0.327 e. The minimum Gasteiger partial charge on any atom is -0.287 e. The van der Waals surface area contributed by atoms with Gasteiger partial charge >= 0.3 is 8.69 Å². The molecule has 0 bridgehead atoms. The summed E-state index contributed by atoms with van der Waals surface area (Å²) in [5.41, 5.74) is -0.173. The summed E-state index contributed by atoms with van der Waals surface area (Å²) in [5.74, 6) is 0.531. The van der Waals surface area contributed by atoms with Crippen LogP contribution in [0.5, 0.6) is 0 Å². The van der Waals surface area contributed by atoms with Crippen molar-refractivity contribution < 1.29 is 9.09 Å². The van der Waals surface area contributed by atoms with Crippen LogP contribution in [0.4, 0.5) is 0 Å². The number of hydrogen-bond donors (Lipinski definition) is 0. The van der Waals surface area contributed by atoms with E-state index in [0.717, 1.165) is 25.7 Å². The number of rotatable bonds is 8. The predicted octanol–water partition coefficient (Wildman–Crippen LogP) is 4.59. The van der Waals surface area contributed by atoms with Gasteiger partial charge in [0.05, 0.1) is 5.60 Å². The molecule has 1 unspecified atom stereocenters. The molecule has 0 rings (SSSR count). The molecule has 0 N–H and O–H groups in total. The molecule has 0 spiro atoms. The Hall–Kier alpha value is 0.0600. The van der Waals surface area contributed by atoms with Crippen molar-refractivity contribution in [3.63, 3.8) is 0 Å². The second kappa shape index (κ2) is 7.36. The van der Waals surface area contributed by atoms with Crippen LogP contribution in [0.2, 0.25) is 0 Å². The molecule has 0 heterocycles. The molecule has 14 heavy (non-hydrogen) atoms. The minimum atomic E-state index is -0.175. The summed E-state index contributed by atoms with van der Waals surface area (Å²) in [7, 11) is -0.175. The SMILES string of the molecule is CCCC(CC)C(CC)(CC)OP=O. The molecule has 3 heteroatoms. The van der Waals surface area contributed by atoms with Crippen LogP contribution in [0.25, 0.3) is 0 Å². The zero-order valence-electron chi connectivity index (χ0n) is 9.88. The van der Waals surface area contributed by atoms with E-state index in [9.17, 15) is 4.57 Å². The highest BCUT2D eigenvalue weighted by Gasteiger charge is 2.35. The standard InChI is InChI=1S/C11H23O2P/c1-5-9-10(6-2)11(7-3,8-4)13-14-12/h10H,5-9H2,1-4H3. The lowest BCUT2D eigenvalue weighted by Crippen LogP contribution is -2.37. The highest BCUT2D eigenvalue weighted by molar-refractivity contribution is 7.17. The molecule has 0 aromatic rings. The second-order valence-corrected chi connectivity index (χ2v) is 4.16. The van der Waals surface area contributed by atoms with E-state index in [2.05, 4.69) is 27.7 Å². The van der Waals surface area contributed by atoms with Gasteiger partial charge in [-0.3, -0.25) is 4.52 Å². The highest BCUT2D eigenvalue weighted by Crippen LogP contribution is 2.37. The predicted molar refractivity (Wildman–Crippen MR) is 60.7 cm³/mol. The van der Waals surface area contributed by atoms with Gasteiger partial charge in [0.25, 0.3) is 0 Å². The third kappa shape index (κ3) is 3.33.